The molecule has 0 radical (unpaired) electrons. The molecule has 140 valence electrons. The fourth-order valence-corrected chi connectivity index (χ4v) is 4.10. The summed E-state index contributed by atoms with van der Waals surface area (Å²) >= 11 is 1.52. The van der Waals surface area contributed by atoms with E-state index >= 15 is 0 Å². The zero-order valence-electron chi connectivity index (χ0n) is 15.6. The molecule has 0 amide bonds. The molecule has 1 fully saturated rings. The van der Waals surface area contributed by atoms with Gasteiger partial charge in [-0.15, -0.1) is 0 Å². The van der Waals surface area contributed by atoms with Crippen molar-refractivity contribution in [1.82, 2.24) is 24.2 Å². The maximum atomic E-state index is 13.4. The molecule has 0 atom stereocenters. The van der Waals surface area contributed by atoms with Gasteiger partial charge in [-0.25, -0.2) is 23.9 Å². The van der Waals surface area contributed by atoms with Gasteiger partial charge in [0.15, 0.2) is 5.16 Å². The van der Waals surface area contributed by atoms with Crippen LogP contribution < -0.4 is 4.59 Å². The molecule has 0 bridgehead atoms. The largest absolute Gasteiger partial charge is 0.231 e. The number of hydrogen-bond acceptors (Lipinski definition) is 4. The molecule has 3 aromatic rings. The quantitative estimate of drug-likeness (QED) is 0.386. The highest BCUT2D eigenvalue weighted by molar-refractivity contribution is 7.98. The van der Waals surface area contributed by atoms with Gasteiger partial charge in [0.2, 0.25) is 0 Å². The summed E-state index contributed by atoms with van der Waals surface area (Å²) in [4.78, 5) is 13.8. The number of imidazole rings is 1. The van der Waals surface area contributed by atoms with Crippen molar-refractivity contribution in [2.24, 2.45) is 0 Å². The predicted octanol–water partition coefficient (Wildman–Crippen LogP) is 4.12. The van der Waals surface area contributed by atoms with E-state index in [-0.39, 0.29) is 5.82 Å². The zero-order valence-corrected chi connectivity index (χ0v) is 16.4. The number of thioether (sulfide) groups is 1. The zero-order chi connectivity index (χ0) is 18.9. The molecule has 1 aliphatic heterocycles. The van der Waals surface area contributed by atoms with Crippen LogP contribution in [-0.2, 0) is 0 Å². The van der Waals surface area contributed by atoms with Gasteiger partial charge in [0.1, 0.15) is 36.6 Å². The molecule has 1 aliphatic rings. The molecule has 4 rings (SSSR count). The summed E-state index contributed by atoms with van der Waals surface area (Å²) in [5.74, 6) is -0.249. The average molecular weight is 385 g/mol. The summed E-state index contributed by atoms with van der Waals surface area (Å²) in [7, 11) is 2.25. The lowest BCUT2D eigenvalue weighted by Crippen LogP contribution is -2.57. The molecule has 0 saturated carbocycles. The third-order valence-electron chi connectivity index (χ3n) is 5.23. The highest BCUT2D eigenvalue weighted by Gasteiger charge is 2.32. The number of hydrogen-bond donors (Lipinski definition) is 0. The molecular weight excluding hydrogens is 361 g/mol. The monoisotopic (exact) mass is 384 g/mol. The van der Waals surface area contributed by atoms with Crippen molar-refractivity contribution in [3.63, 3.8) is 0 Å². The first-order valence-corrected chi connectivity index (χ1v) is 10.4. The number of halogens is 1. The molecule has 0 N–H and O–H groups in total. The minimum atomic E-state index is -0.249. The molecule has 7 heteroatoms. The van der Waals surface area contributed by atoms with Crippen LogP contribution in [0.25, 0.3) is 22.6 Å². The second-order valence-corrected chi connectivity index (χ2v) is 7.84. The first-order chi connectivity index (χ1) is 13.1. The van der Waals surface area contributed by atoms with Crippen molar-refractivity contribution in [3.05, 3.63) is 48.7 Å². The van der Waals surface area contributed by atoms with E-state index in [4.69, 9.17) is 9.97 Å². The highest BCUT2D eigenvalue weighted by Crippen LogP contribution is 2.33. The van der Waals surface area contributed by atoms with Gasteiger partial charge in [-0.1, -0.05) is 11.8 Å². The number of benzene rings is 1. The Labute approximate surface area is 162 Å². The first-order valence-electron chi connectivity index (χ1n) is 9.17. The molecule has 2 aromatic heterocycles. The smallest absolute Gasteiger partial charge is 0.187 e. The highest BCUT2D eigenvalue weighted by atomic mass is 32.2. The molecule has 1 aromatic carbocycles. The Hall–Kier alpha value is -2.25. The molecule has 27 heavy (non-hydrogen) atoms. The van der Waals surface area contributed by atoms with Crippen molar-refractivity contribution in [2.45, 2.75) is 24.4 Å². The summed E-state index contributed by atoms with van der Waals surface area (Å²) in [6, 6.07) is 8.43. The fourth-order valence-electron chi connectivity index (χ4n) is 3.74. The summed E-state index contributed by atoms with van der Waals surface area (Å²) in [5.41, 5.74) is 3.52. The molecule has 0 unspecified atom stereocenters. The van der Waals surface area contributed by atoms with Crippen LogP contribution in [0.2, 0.25) is 0 Å². The molecule has 1 saturated heterocycles. The summed E-state index contributed by atoms with van der Waals surface area (Å²) in [6.07, 6.45) is 9.32. The van der Waals surface area contributed by atoms with Gasteiger partial charge in [0.25, 0.3) is 0 Å². The SMILES string of the molecule is CSc1nccc(-c2c(-c3ccc(F)cc3)ncn2[N+]2(C)CCCCC2)n1. The topological polar surface area (TPSA) is 43.6 Å². The van der Waals surface area contributed by atoms with Gasteiger partial charge in [-0.3, -0.25) is 0 Å². The number of nitrogens with zero attached hydrogens (tertiary/aromatic N) is 5. The van der Waals surface area contributed by atoms with Crippen molar-refractivity contribution < 1.29 is 4.39 Å². The number of piperidine rings is 1. The van der Waals surface area contributed by atoms with Crippen LogP contribution in [0.1, 0.15) is 19.3 Å². The second-order valence-electron chi connectivity index (χ2n) is 7.07. The minimum Gasteiger partial charge on any atom is -0.231 e. The molecule has 0 spiro atoms. The van der Waals surface area contributed by atoms with E-state index < -0.39 is 0 Å². The number of quaternary nitrogens is 1. The minimum absolute atomic E-state index is 0.249. The van der Waals surface area contributed by atoms with E-state index in [0.717, 1.165) is 45.5 Å². The van der Waals surface area contributed by atoms with Crippen LogP contribution in [-0.4, -0.2) is 46.0 Å². The normalized spacial score (nSPS) is 16.4. The van der Waals surface area contributed by atoms with E-state index in [2.05, 4.69) is 16.7 Å². The van der Waals surface area contributed by atoms with Crippen LogP contribution in [0.3, 0.4) is 0 Å². The molecule has 5 nitrogen and oxygen atoms in total. The summed E-state index contributed by atoms with van der Waals surface area (Å²) < 4.78 is 16.4. The maximum absolute atomic E-state index is 13.4. The predicted molar refractivity (Wildman–Crippen MR) is 107 cm³/mol. The van der Waals surface area contributed by atoms with E-state index in [1.807, 2.05) is 18.6 Å². The van der Waals surface area contributed by atoms with Crippen molar-refractivity contribution >= 4 is 11.8 Å². The van der Waals surface area contributed by atoms with Gasteiger partial charge < -0.3 is 0 Å². The van der Waals surface area contributed by atoms with Gasteiger partial charge in [0, 0.05) is 11.8 Å². The summed E-state index contributed by atoms with van der Waals surface area (Å²) in [6.45, 7) is 2.12. The maximum Gasteiger partial charge on any atom is 0.187 e. The number of aromatic nitrogens is 4. The molecule has 0 aliphatic carbocycles. The molecular formula is C20H23FN5S+. The van der Waals surface area contributed by atoms with Gasteiger partial charge in [0.05, 0.1) is 12.7 Å². The third kappa shape index (κ3) is 3.49. The third-order valence-corrected chi connectivity index (χ3v) is 5.79. The fraction of sp³-hybridized carbons (Fsp3) is 0.350. The van der Waals surface area contributed by atoms with Crippen LogP contribution in [0.15, 0.2) is 48.0 Å². The van der Waals surface area contributed by atoms with Gasteiger partial charge in [-0.2, -0.15) is 4.68 Å². The lowest BCUT2D eigenvalue weighted by atomic mass is 10.1. The lowest BCUT2D eigenvalue weighted by molar-refractivity contribution is 0.131. The Kier molecular flexibility index (Phi) is 4.97. The number of likely N-dealkylation sites (tertiary alicyclic amines) is 1. The van der Waals surface area contributed by atoms with Crippen LogP contribution in [0.4, 0.5) is 4.39 Å². The van der Waals surface area contributed by atoms with Crippen molar-refractivity contribution in [3.8, 4) is 22.6 Å². The van der Waals surface area contributed by atoms with Crippen LogP contribution >= 0.6 is 11.8 Å². The Morgan fingerprint density at radius 3 is 2.48 bits per heavy atom. The standard InChI is InChI=1S/C20H23FN5S/c1-26(12-4-3-5-13-26)25-14-23-18(15-6-8-16(21)9-7-15)19(25)17-10-11-22-20(24-17)27-2/h6-11,14H,3-5,12-13H2,1-2H3/q+1. The number of rotatable bonds is 4. The van der Waals surface area contributed by atoms with Crippen molar-refractivity contribution in [2.75, 3.05) is 26.4 Å². The van der Waals surface area contributed by atoms with E-state index in [9.17, 15) is 4.39 Å². The Balaban J connectivity index is 1.91. The van der Waals surface area contributed by atoms with Crippen LogP contribution in [0.5, 0.6) is 0 Å². The van der Waals surface area contributed by atoms with E-state index in [1.54, 1.807) is 18.3 Å². The average Bonchev–Trinajstić information content (AvgIpc) is 3.15. The van der Waals surface area contributed by atoms with Gasteiger partial charge in [-0.05, 0) is 55.9 Å². The first kappa shape index (κ1) is 18.1. The van der Waals surface area contributed by atoms with Crippen LogP contribution in [0, 0.1) is 5.82 Å². The van der Waals surface area contributed by atoms with E-state index in [0.29, 0.717) is 0 Å². The lowest BCUT2D eigenvalue weighted by Gasteiger charge is -2.38. The van der Waals surface area contributed by atoms with E-state index in [1.165, 1.54) is 43.2 Å². The van der Waals surface area contributed by atoms with Crippen molar-refractivity contribution in [1.29, 1.82) is 0 Å². The molecule has 3 heterocycles. The Morgan fingerprint density at radius 2 is 1.78 bits per heavy atom. The second kappa shape index (κ2) is 7.40. The summed E-state index contributed by atoms with van der Waals surface area (Å²) in [5, 5.41) is 0.728. The van der Waals surface area contributed by atoms with Gasteiger partial charge >= 0.3 is 0 Å². The Bertz CT molecular complexity index is 932. The Morgan fingerprint density at radius 1 is 1.04 bits per heavy atom.